The van der Waals surface area contributed by atoms with Gasteiger partial charge in [-0.15, -0.1) is 0 Å². The van der Waals surface area contributed by atoms with Crippen LogP contribution in [0.25, 0.3) is 11.4 Å². The van der Waals surface area contributed by atoms with Crippen molar-refractivity contribution in [2.75, 3.05) is 11.4 Å². The number of aryl methyl sites for hydroxylation is 2. The number of rotatable bonds is 3. The van der Waals surface area contributed by atoms with E-state index in [4.69, 9.17) is 9.97 Å². The van der Waals surface area contributed by atoms with Crippen LogP contribution in [0.5, 0.6) is 0 Å². The second-order valence-electron chi connectivity index (χ2n) is 6.42. The standard InChI is InChI=1S/C21H22N4/c1-2-19-14-20(24-21(23-19)17-9-11-22-12-10-17)25-13-5-8-16-6-3-4-7-18(16)15-25/h3-4,6-7,9-12,14H,2,5,8,13,15H2,1H3. The van der Waals surface area contributed by atoms with Gasteiger partial charge in [-0.05, 0) is 42.5 Å². The number of nitrogens with zero attached hydrogens (tertiary/aromatic N) is 4. The average molecular weight is 330 g/mol. The molecule has 25 heavy (non-hydrogen) atoms. The summed E-state index contributed by atoms with van der Waals surface area (Å²) in [5.41, 5.74) is 4.96. The molecule has 0 N–H and O–H groups in total. The molecule has 0 bridgehead atoms. The Bertz CT molecular complexity index is 861. The maximum Gasteiger partial charge on any atom is 0.161 e. The highest BCUT2D eigenvalue weighted by Gasteiger charge is 2.17. The summed E-state index contributed by atoms with van der Waals surface area (Å²) in [5, 5.41) is 0. The first-order valence-corrected chi connectivity index (χ1v) is 8.93. The number of fused-ring (bicyclic) bond motifs is 1. The van der Waals surface area contributed by atoms with Gasteiger partial charge >= 0.3 is 0 Å². The summed E-state index contributed by atoms with van der Waals surface area (Å²) in [7, 11) is 0. The second-order valence-corrected chi connectivity index (χ2v) is 6.42. The van der Waals surface area contributed by atoms with Crippen LogP contribution < -0.4 is 4.90 Å². The smallest absolute Gasteiger partial charge is 0.161 e. The largest absolute Gasteiger partial charge is 0.352 e. The fraction of sp³-hybridized carbons (Fsp3) is 0.286. The first kappa shape index (κ1) is 15.8. The Morgan fingerprint density at radius 3 is 2.60 bits per heavy atom. The van der Waals surface area contributed by atoms with E-state index in [1.807, 2.05) is 12.1 Å². The fourth-order valence-corrected chi connectivity index (χ4v) is 3.35. The molecule has 0 spiro atoms. The summed E-state index contributed by atoms with van der Waals surface area (Å²) in [6.07, 6.45) is 6.76. The zero-order chi connectivity index (χ0) is 17.1. The number of hydrogen-bond donors (Lipinski definition) is 0. The van der Waals surface area contributed by atoms with Gasteiger partial charge in [0.05, 0.1) is 0 Å². The molecule has 0 saturated heterocycles. The first-order chi connectivity index (χ1) is 12.3. The van der Waals surface area contributed by atoms with E-state index in [9.17, 15) is 0 Å². The second kappa shape index (κ2) is 7.01. The molecule has 0 atom stereocenters. The SMILES string of the molecule is CCc1cc(N2CCCc3ccccc3C2)nc(-c2ccncc2)n1. The zero-order valence-electron chi connectivity index (χ0n) is 14.5. The molecule has 3 aromatic rings. The lowest BCUT2D eigenvalue weighted by atomic mass is 10.0. The van der Waals surface area contributed by atoms with Crippen molar-refractivity contribution in [3.8, 4) is 11.4 Å². The van der Waals surface area contributed by atoms with E-state index in [1.165, 1.54) is 11.1 Å². The lowest BCUT2D eigenvalue weighted by Gasteiger charge is -2.23. The van der Waals surface area contributed by atoms with Crippen molar-refractivity contribution in [2.45, 2.75) is 32.7 Å². The quantitative estimate of drug-likeness (QED) is 0.726. The minimum atomic E-state index is 0.786. The summed E-state index contributed by atoms with van der Waals surface area (Å²) in [5.74, 6) is 1.81. The third-order valence-corrected chi connectivity index (χ3v) is 4.74. The van der Waals surface area contributed by atoms with Crippen LogP contribution in [-0.2, 0) is 19.4 Å². The van der Waals surface area contributed by atoms with Crippen LogP contribution in [0.4, 0.5) is 5.82 Å². The Hall–Kier alpha value is -2.75. The van der Waals surface area contributed by atoms with Crippen molar-refractivity contribution in [3.63, 3.8) is 0 Å². The number of pyridine rings is 1. The summed E-state index contributed by atoms with van der Waals surface area (Å²) < 4.78 is 0. The van der Waals surface area contributed by atoms with Gasteiger partial charge in [0.1, 0.15) is 5.82 Å². The Morgan fingerprint density at radius 2 is 1.80 bits per heavy atom. The summed E-state index contributed by atoms with van der Waals surface area (Å²) in [4.78, 5) is 16.1. The summed E-state index contributed by atoms with van der Waals surface area (Å²) in [6, 6.07) is 14.8. The molecule has 0 fully saturated rings. The Morgan fingerprint density at radius 1 is 1.00 bits per heavy atom. The normalized spacial score (nSPS) is 14.0. The van der Waals surface area contributed by atoms with Crippen LogP contribution in [0, 0.1) is 0 Å². The molecule has 0 unspecified atom stereocenters. The molecule has 0 radical (unpaired) electrons. The lowest BCUT2D eigenvalue weighted by molar-refractivity contribution is 0.751. The van der Waals surface area contributed by atoms with Gasteiger partial charge in [-0.2, -0.15) is 0 Å². The van der Waals surface area contributed by atoms with E-state index in [1.54, 1.807) is 12.4 Å². The molecular weight excluding hydrogens is 308 g/mol. The van der Waals surface area contributed by atoms with Gasteiger partial charge in [0, 0.05) is 42.8 Å². The van der Waals surface area contributed by atoms with Gasteiger partial charge in [-0.1, -0.05) is 31.2 Å². The predicted molar refractivity (Wildman–Crippen MR) is 100 cm³/mol. The van der Waals surface area contributed by atoms with Crippen LogP contribution in [0.2, 0.25) is 0 Å². The highest BCUT2D eigenvalue weighted by Crippen LogP contribution is 2.25. The molecule has 4 rings (SSSR count). The highest BCUT2D eigenvalue weighted by atomic mass is 15.2. The van der Waals surface area contributed by atoms with Crippen molar-refractivity contribution < 1.29 is 0 Å². The van der Waals surface area contributed by atoms with E-state index < -0.39 is 0 Å². The Labute approximate surface area is 148 Å². The van der Waals surface area contributed by atoms with Gasteiger partial charge in [0.25, 0.3) is 0 Å². The molecule has 1 aliphatic heterocycles. The molecule has 0 saturated carbocycles. The number of benzene rings is 1. The van der Waals surface area contributed by atoms with Crippen molar-refractivity contribution in [1.29, 1.82) is 0 Å². The van der Waals surface area contributed by atoms with Crippen molar-refractivity contribution in [3.05, 3.63) is 71.7 Å². The van der Waals surface area contributed by atoms with Gasteiger partial charge < -0.3 is 4.90 Å². The van der Waals surface area contributed by atoms with E-state index in [-0.39, 0.29) is 0 Å². The molecule has 2 aromatic heterocycles. The predicted octanol–water partition coefficient (Wildman–Crippen LogP) is 4.05. The van der Waals surface area contributed by atoms with Gasteiger partial charge in [0.15, 0.2) is 5.82 Å². The lowest BCUT2D eigenvalue weighted by Crippen LogP contribution is -2.24. The molecule has 3 heterocycles. The molecule has 1 aliphatic rings. The first-order valence-electron chi connectivity index (χ1n) is 8.93. The third kappa shape index (κ3) is 3.38. The molecule has 1 aromatic carbocycles. The molecule has 0 amide bonds. The van der Waals surface area contributed by atoms with E-state index >= 15 is 0 Å². The van der Waals surface area contributed by atoms with Gasteiger partial charge in [0.2, 0.25) is 0 Å². The number of anilines is 1. The fourth-order valence-electron chi connectivity index (χ4n) is 3.35. The van der Waals surface area contributed by atoms with Crippen LogP contribution >= 0.6 is 0 Å². The molecule has 0 aliphatic carbocycles. The van der Waals surface area contributed by atoms with Crippen molar-refractivity contribution in [2.24, 2.45) is 0 Å². The van der Waals surface area contributed by atoms with Gasteiger partial charge in [-0.25, -0.2) is 9.97 Å². The monoisotopic (exact) mass is 330 g/mol. The van der Waals surface area contributed by atoms with Crippen molar-refractivity contribution in [1.82, 2.24) is 15.0 Å². The molecule has 4 heteroatoms. The molecule has 4 nitrogen and oxygen atoms in total. The maximum absolute atomic E-state index is 4.88. The summed E-state index contributed by atoms with van der Waals surface area (Å²) >= 11 is 0. The third-order valence-electron chi connectivity index (χ3n) is 4.74. The van der Waals surface area contributed by atoms with E-state index in [0.29, 0.717) is 0 Å². The van der Waals surface area contributed by atoms with E-state index in [0.717, 1.165) is 55.3 Å². The van der Waals surface area contributed by atoms with Crippen LogP contribution in [0.1, 0.15) is 30.2 Å². The van der Waals surface area contributed by atoms with Crippen LogP contribution in [0.3, 0.4) is 0 Å². The summed E-state index contributed by atoms with van der Waals surface area (Å²) in [6.45, 7) is 4.07. The number of aromatic nitrogens is 3. The topological polar surface area (TPSA) is 41.9 Å². The minimum Gasteiger partial charge on any atom is -0.352 e. The highest BCUT2D eigenvalue weighted by molar-refractivity contribution is 5.57. The zero-order valence-corrected chi connectivity index (χ0v) is 14.5. The average Bonchev–Trinajstić information content (AvgIpc) is 2.91. The van der Waals surface area contributed by atoms with Gasteiger partial charge in [-0.3, -0.25) is 4.98 Å². The maximum atomic E-state index is 4.88. The minimum absolute atomic E-state index is 0.786. The molecular formula is C21H22N4. The number of hydrogen-bond acceptors (Lipinski definition) is 4. The molecule has 126 valence electrons. The van der Waals surface area contributed by atoms with Crippen LogP contribution in [-0.4, -0.2) is 21.5 Å². The Kier molecular flexibility index (Phi) is 4.42. The van der Waals surface area contributed by atoms with Crippen LogP contribution in [0.15, 0.2) is 54.9 Å². The van der Waals surface area contributed by atoms with E-state index in [2.05, 4.69) is 47.1 Å². The Balaban J connectivity index is 1.72. The van der Waals surface area contributed by atoms with Crippen molar-refractivity contribution >= 4 is 5.82 Å².